The molecule has 224 valence electrons. The minimum atomic E-state index is -0.883. The Bertz CT molecular complexity index is 1190. The number of Topliss-reactive ketones (excluding diaryl/α,β-unsaturated/α-hetero) is 2. The quantitative estimate of drug-likeness (QED) is 0.285. The third-order valence-corrected chi connectivity index (χ3v) is 7.71. The second-order valence-corrected chi connectivity index (χ2v) is 12.2. The molecule has 41 heavy (non-hydrogen) atoms. The van der Waals surface area contributed by atoms with Gasteiger partial charge in [-0.1, -0.05) is 70.1 Å². The normalized spacial score (nSPS) is 16.2. The number of amides is 2. The first-order chi connectivity index (χ1) is 19.4. The average molecular weight is 568 g/mol. The first kappa shape index (κ1) is 32.2. The number of aromatic nitrogens is 1. The summed E-state index contributed by atoms with van der Waals surface area (Å²) in [6.45, 7) is 10.1. The lowest BCUT2D eigenvalue weighted by atomic mass is 9.88. The lowest BCUT2D eigenvalue weighted by molar-refractivity contribution is -0.134. The first-order valence-corrected chi connectivity index (χ1v) is 14.6. The van der Waals surface area contributed by atoms with E-state index in [1.165, 1.54) is 7.11 Å². The minimum Gasteiger partial charge on any atom is -0.385 e. The third-order valence-electron chi connectivity index (χ3n) is 7.71. The molecule has 0 bridgehead atoms. The number of rotatable bonds is 17. The van der Waals surface area contributed by atoms with Gasteiger partial charge in [0.05, 0.1) is 12.1 Å². The van der Waals surface area contributed by atoms with Crippen molar-refractivity contribution >= 4 is 23.4 Å². The van der Waals surface area contributed by atoms with Crippen LogP contribution in [0.3, 0.4) is 0 Å². The molecule has 2 amide bonds. The number of nitrogens with one attached hydrogen (secondary N) is 2. The molecule has 9 nitrogen and oxygen atoms in total. The van der Waals surface area contributed by atoms with Gasteiger partial charge in [0.2, 0.25) is 5.91 Å². The molecular weight excluding hydrogens is 522 g/mol. The maximum absolute atomic E-state index is 13.7. The van der Waals surface area contributed by atoms with Gasteiger partial charge in [-0.15, -0.1) is 0 Å². The van der Waals surface area contributed by atoms with Gasteiger partial charge in [-0.05, 0) is 43.6 Å². The molecule has 1 saturated carbocycles. The Hall–Kier alpha value is -3.33. The van der Waals surface area contributed by atoms with E-state index in [1.807, 2.05) is 65.0 Å². The molecule has 0 unspecified atom stereocenters. The molecule has 1 aliphatic rings. The molecule has 0 spiro atoms. The van der Waals surface area contributed by atoms with E-state index in [9.17, 15) is 19.2 Å². The summed E-state index contributed by atoms with van der Waals surface area (Å²) in [6, 6.07) is 9.56. The molecule has 0 aliphatic heterocycles. The molecule has 9 heteroatoms. The zero-order chi connectivity index (χ0) is 30.2. The van der Waals surface area contributed by atoms with Crippen molar-refractivity contribution in [3.8, 4) is 0 Å². The number of ketones is 2. The van der Waals surface area contributed by atoms with E-state index in [0.29, 0.717) is 18.6 Å². The molecular formula is C32H45N3O6. The van der Waals surface area contributed by atoms with Crippen LogP contribution < -0.4 is 10.6 Å². The lowest BCUT2D eigenvalue weighted by Gasteiger charge is -2.26. The summed E-state index contributed by atoms with van der Waals surface area (Å²) in [5.74, 6) is -0.980. The van der Waals surface area contributed by atoms with Crippen LogP contribution >= 0.6 is 0 Å². The number of hydrogen-bond donors (Lipinski definition) is 2. The lowest BCUT2D eigenvalue weighted by Crippen LogP contribution is -2.48. The molecule has 0 saturated heterocycles. The Morgan fingerprint density at radius 3 is 2.27 bits per heavy atom. The van der Waals surface area contributed by atoms with E-state index in [2.05, 4.69) is 15.8 Å². The standard InChI is InChI=1S/C32H45N3O6/c1-20(2)16-25(29(37)32(5)13-14-32)34-30(38)23(17-22-10-8-7-9-11-22)18-27(36)24(12-15-40-6)33-31(39)26-19-28(21(3)4)41-35-26/h7-11,19-21,23-25H,12-18H2,1-6H3,(H,33,39)(H,34,38)/t23-,24+,25+/m1/s1. The monoisotopic (exact) mass is 567 g/mol. The number of benzene rings is 1. The third kappa shape index (κ3) is 9.35. The zero-order valence-electron chi connectivity index (χ0n) is 25.2. The number of nitrogens with zero attached hydrogens (tertiary/aromatic N) is 1. The van der Waals surface area contributed by atoms with E-state index in [0.717, 1.165) is 18.4 Å². The van der Waals surface area contributed by atoms with Gasteiger partial charge in [-0.3, -0.25) is 19.2 Å². The van der Waals surface area contributed by atoms with Crippen LogP contribution in [-0.4, -0.2) is 54.3 Å². The Morgan fingerprint density at radius 1 is 1.02 bits per heavy atom. The zero-order valence-corrected chi connectivity index (χ0v) is 25.2. The summed E-state index contributed by atoms with van der Waals surface area (Å²) >= 11 is 0. The summed E-state index contributed by atoms with van der Waals surface area (Å²) in [6.07, 6.45) is 2.65. The maximum Gasteiger partial charge on any atom is 0.274 e. The van der Waals surface area contributed by atoms with Gasteiger partial charge in [0, 0.05) is 43.5 Å². The van der Waals surface area contributed by atoms with E-state index >= 15 is 0 Å². The van der Waals surface area contributed by atoms with Gasteiger partial charge >= 0.3 is 0 Å². The van der Waals surface area contributed by atoms with Crippen molar-refractivity contribution in [2.75, 3.05) is 13.7 Å². The van der Waals surface area contributed by atoms with Crippen molar-refractivity contribution in [1.82, 2.24) is 15.8 Å². The van der Waals surface area contributed by atoms with Crippen molar-refractivity contribution in [2.24, 2.45) is 17.3 Å². The molecule has 1 fully saturated rings. The number of carbonyl (C=O) groups excluding carboxylic acids is 4. The summed E-state index contributed by atoms with van der Waals surface area (Å²) in [5, 5.41) is 9.62. The van der Waals surface area contributed by atoms with Gasteiger partial charge in [0.15, 0.2) is 17.3 Å². The van der Waals surface area contributed by atoms with E-state index < -0.39 is 23.9 Å². The van der Waals surface area contributed by atoms with Crippen molar-refractivity contribution in [1.29, 1.82) is 0 Å². The van der Waals surface area contributed by atoms with Gasteiger partial charge in [0.1, 0.15) is 5.76 Å². The Morgan fingerprint density at radius 2 is 1.71 bits per heavy atom. The van der Waals surface area contributed by atoms with Gasteiger partial charge < -0.3 is 19.9 Å². The molecule has 2 aromatic rings. The van der Waals surface area contributed by atoms with Crippen LogP contribution in [0.5, 0.6) is 0 Å². The van der Waals surface area contributed by atoms with Gasteiger partial charge in [0.25, 0.3) is 5.91 Å². The highest BCUT2D eigenvalue weighted by Gasteiger charge is 2.48. The SMILES string of the molecule is COCC[C@H](NC(=O)c1cc(C(C)C)on1)C(=O)C[C@@H](Cc1ccccc1)C(=O)N[C@@H](CC(C)C)C(=O)C1(C)CC1. The number of methoxy groups -OCH3 is 1. The average Bonchev–Trinajstić information content (AvgIpc) is 3.48. The van der Waals surface area contributed by atoms with Gasteiger partial charge in [-0.2, -0.15) is 0 Å². The van der Waals surface area contributed by atoms with Crippen LogP contribution in [0, 0.1) is 17.3 Å². The number of carbonyl (C=O) groups is 4. The van der Waals surface area contributed by atoms with Crippen LogP contribution in [0.4, 0.5) is 0 Å². The Labute approximate surface area is 243 Å². The summed E-state index contributed by atoms with van der Waals surface area (Å²) in [5.41, 5.74) is 0.609. The molecule has 2 N–H and O–H groups in total. The highest BCUT2D eigenvalue weighted by molar-refractivity contribution is 5.98. The summed E-state index contributed by atoms with van der Waals surface area (Å²) in [4.78, 5) is 53.6. The summed E-state index contributed by atoms with van der Waals surface area (Å²) < 4.78 is 10.4. The second kappa shape index (κ2) is 14.5. The van der Waals surface area contributed by atoms with E-state index in [4.69, 9.17) is 9.26 Å². The van der Waals surface area contributed by atoms with Crippen LogP contribution in [0.2, 0.25) is 0 Å². The smallest absolute Gasteiger partial charge is 0.274 e. The highest BCUT2D eigenvalue weighted by atomic mass is 16.5. The maximum atomic E-state index is 13.7. The van der Waals surface area contributed by atoms with Crippen molar-refractivity contribution in [2.45, 2.75) is 91.1 Å². The molecule has 1 heterocycles. The molecule has 3 atom stereocenters. The minimum absolute atomic E-state index is 0.0566. The van der Waals surface area contributed by atoms with Crippen LogP contribution in [0.15, 0.2) is 40.9 Å². The van der Waals surface area contributed by atoms with Crippen LogP contribution in [0.25, 0.3) is 0 Å². The van der Waals surface area contributed by atoms with Crippen molar-refractivity contribution < 1.29 is 28.4 Å². The van der Waals surface area contributed by atoms with Crippen LogP contribution in [0.1, 0.15) is 94.5 Å². The predicted octanol–water partition coefficient (Wildman–Crippen LogP) is 4.65. The molecule has 1 aromatic carbocycles. The van der Waals surface area contributed by atoms with Crippen molar-refractivity contribution in [3.63, 3.8) is 0 Å². The van der Waals surface area contributed by atoms with E-state index in [-0.39, 0.29) is 59.9 Å². The van der Waals surface area contributed by atoms with Crippen LogP contribution in [-0.2, 0) is 25.5 Å². The summed E-state index contributed by atoms with van der Waals surface area (Å²) in [7, 11) is 1.52. The number of hydrogen-bond acceptors (Lipinski definition) is 7. The molecule has 1 aromatic heterocycles. The Balaban J connectivity index is 1.79. The predicted molar refractivity (Wildman–Crippen MR) is 155 cm³/mol. The first-order valence-electron chi connectivity index (χ1n) is 14.6. The van der Waals surface area contributed by atoms with Crippen molar-refractivity contribution in [3.05, 3.63) is 53.4 Å². The largest absolute Gasteiger partial charge is 0.385 e. The second-order valence-electron chi connectivity index (χ2n) is 12.2. The fourth-order valence-electron chi connectivity index (χ4n) is 4.84. The fraction of sp³-hybridized carbons (Fsp3) is 0.594. The van der Waals surface area contributed by atoms with E-state index in [1.54, 1.807) is 6.07 Å². The number of ether oxygens (including phenoxy) is 1. The topological polar surface area (TPSA) is 128 Å². The Kier molecular flexibility index (Phi) is 11.4. The highest BCUT2D eigenvalue weighted by Crippen LogP contribution is 2.47. The van der Waals surface area contributed by atoms with Gasteiger partial charge in [-0.25, -0.2) is 0 Å². The fourth-order valence-corrected chi connectivity index (χ4v) is 4.84. The molecule has 1 aliphatic carbocycles. The molecule has 0 radical (unpaired) electrons. The molecule has 3 rings (SSSR count).